The Balaban J connectivity index is 1.95. The van der Waals surface area contributed by atoms with E-state index in [-0.39, 0.29) is 18.6 Å². The quantitative estimate of drug-likeness (QED) is 0.778. The van der Waals surface area contributed by atoms with Crippen LogP contribution in [0.2, 0.25) is 0 Å². The average molecular weight is 304 g/mol. The van der Waals surface area contributed by atoms with Crippen molar-refractivity contribution in [2.24, 2.45) is 0 Å². The Kier molecular flexibility index (Phi) is 3.66. The highest BCUT2D eigenvalue weighted by molar-refractivity contribution is 5.74. The van der Waals surface area contributed by atoms with Crippen LogP contribution in [0.1, 0.15) is 19.5 Å². The summed E-state index contributed by atoms with van der Waals surface area (Å²) >= 11 is 0. The molecule has 1 aliphatic rings. The topological polar surface area (TPSA) is 86.5 Å². The fourth-order valence-electron chi connectivity index (χ4n) is 2.75. The van der Waals surface area contributed by atoms with Crippen LogP contribution < -0.4 is 0 Å². The lowest BCUT2D eigenvalue weighted by Crippen LogP contribution is -2.34. The van der Waals surface area contributed by atoms with Gasteiger partial charge in [-0.25, -0.2) is 9.48 Å². The van der Waals surface area contributed by atoms with Gasteiger partial charge in [0.15, 0.2) is 0 Å². The Morgan fingerprint density at radius 2 is 2.09 bits per heavy atom. The fraction of sp³-hybridized carbons (Fsp3) is 0.429. The summed E-state index contributed by atoms with van der Waals surface area (Å²) in [5.74, 6) is -0.376. The highest BCUT2D eigenvalue weighted by Crippen LogP contribution is 2.31. The van der Waals surface area contributed by atoms with Crippen molar-refractivity contribution in [1.29, 1.82) is 0 Å². The summed E-state index contributed by atoms with van der Waals surface area (Å²) in [5.41, 5.74) is 1.55. The second-order valence-corrected chi connectivity index (χ2v) is 5.09. The number of hydrogen-bond acceptors (Lipinski definition) is 6. The fourth-order valence-corrected chi connectivity index (χ4v) is 2.75. The minimum Gasteiger partial charge on any atom is -0.461 e. The van der Waals surface area contributed by atoms with Gasteiger partial charge < -0.3 is 9.47 Å². The van der Waals surface area contributed by atoms with E-state index in [0.29, 0.717) is 6.42 Å². The van der Waals surface area contributed by atoms with E-state index in [1.807, 2.05) is 24.3 Å². The number of carbonyl (C=O) groups is 2. The van der Waals surface area contributed by atoms with Crippen LogP contribution >= 0.6 is 0 Å². The predicted octanol–water partition coefficient (Wildman–Crippen LogP) is 1.33. The normalized spacial score (nSPS) is 21.1. The van der Waals surface area contributed by atoms with Gasteiger partial charge in [-0.1, -0.05) is 17.3 Å². The van der Waals surface area contributed by atoms with Crippen LogP contribution in [0.4, 0.5) is 4.79 Å². The number of methoxy groups -OCH3 is 1. The predicted molar refractivity (Wildman–Crippen MR) is 75.8 cm³/mol. The van der Waals surface area contributed by atoms with Crippen LogP contribution in [-0.4, -0.2) is 51.7 Å². The molecule has 8 nitrogen and oxygen atoms in total. The summed E-state index contributed by atoms with van der Waals surface area (Å²) in [5, 5.41) is 8.23. The van der Waals surface area contributed by atoms with Crippen LogP contribution in [0.15, 0.2) is 24.3 Å². The molecule has 0 bridgehead atoms. The Hall–Kier alpha value is -2.64. The molecule has 0 N–H and O–H groups in total. The molecular weight excluding hydrogens is 288 g/mol. The molecule has 1 aromatic carbocycles. The summed E-state index contributed by atoms with van der Waals surface area (Å²) in [7, 11) is 1.32. The molecule has 0 unspecified atom stereocenters. The first-order valence-corrected chi connectivity index (χ1v) is 6.92. The molecule has 2 heterocycles. The number of hydrogen-bond donors (Lipinski definition) is 0. The molecule has 1 amide bonds. The van der Waals surface area contributed by atoms with Crippen LogP contribution in [0, 0.1) is 0 Å². The van der Waals surface area contributed by atoms with Gasteiger partial charge in [0, 0.05) is 13.3 Å². The van der Waals surface area contributed by atoms with Gasteiger partial charge in [-0.05, 0) is 12.1 Å². The van der Waals surface area contributed by atoms with Crippen LogP contribution in [-0.2, 0) is 14.3 Å². The first kappa shape index (κ1) is 14.3. The van der Waals surface area contributed by atoms with E-state index >= 15 is 0 Å². The highest BCUT2D eigenvalue weighted by Gasteiger charge is 2.40. The van der Waals surface area contributed by atoms with Crippen molar-refractivity contribution in [2.45, 2.75) is 25.6 Å². The van der Waals surface area contributed by atoms with Gasteiger partial charge in [0.2, 0.25) is 0 Å². The van der Waals surface area contributed by atoms with E-state index in [1.165, 1.54) is 18.9 Å². The zero-order valence-electron chi connectivity index (χ0n) is 12.3. The molecule has 2 atom stereocenters. The van der Waals surface area contributed by atoms with Gasteiger partial charge >= 0.3 is 12.1 Å². The molecule has 8 heteroatoms. The molecule has 0 saturated carbocycles. The van der Waals surface area contributed by atoms with Crippen molar-refractivity contribution < 1.29 is 19.1 Å². The monoisotopic (exact) mass is 304 g/mol. The van der Waals surface area contributed by atoms with Gasteiger partial charge in [0.1, 0.15) is 17.8 Å². The lowest BCUT2D eigenvalue weighted by Gasteiger charge is -2.22. The zero-order chi connectivity index (χ0) is 15.7. The van der Waals surface area contributed by atoms with Crippen molar-refractivity contribution in [3.8, 4) is 0 Å². The molecule has 1 saturated heterocycles. The lowest BCUT2D eigenvalue weighted by atomic mass is 10.2. The number of ether oxygens (including phenoxy) is 2. The molecule has 0 aliphatic carbocycles. The van der Waals surface area contributed by atoms with E-state index in [2.05, 4.69) is 10.3 Å². The molecule has 22 heavy (non-hydrogen) atoms. The standard InChI is InChI=1S/C14H16N4O4/c1-9(19)22-10-7-13(17(8-10)14(20)21-2)18-12-6-4-3-5-11(12)15-16-18/h3-6,10,13H,7-8H2,1-2H3/t10-,13-/m1/s1. The summed E-state index contributed by atoms with van der Waals surface area (Å²) < 4.78 is 11.7. The Morgan fingerprint density at radius 3 is 2.82 bits per heavy atom. The second kappa shape index (κ2) is 5.63. The minimum absolute atomic E-state index is 0.269. The summed E-state index contributed by atoms with van der Waals surface area (Å²) in [6, 6.07) is 7.47. The maximum absolute atomic E-state index is 12.0. The number of fused-ring (bicyclic) bond motifs is 1. The number of rotatable bonds is 2. The van der Waals surface area contributed by atoms with E-state index in [4.69, 9.17) is 9.47 Å². The number of amides is 1. The molecule has 116 valence electrons. The maximum atomic E-state index is 12.0. The van der Waals surface area contributed by atoms with E-state index in [9.17, 15) is 9.59 Å². The number of para-hydroxylation sites is 1. The van der Waals surface area contributed by atoms with E-state index in [0.717, 1.165) is 11.0 Å². The molecule has 2 aromatic rings. The van der Waals surface area contributed by atoms with Crippen molar-refractivity contribution in [1.82, 2.24) is 19.9 Å². The second-order valence-electron chi connectivity index (χ2n) is 5.09. The summed E-state index contributed by atoms with van der Waals surface area (Å²) in [4.78, 5) is 24.6. The van der Waals surface area contributed by atoms with E-state index < -0.39 is 12.3 Å². The third-order valence-corrected chi connectivity index (χ3v) is 3.64. The third-order valence-electron chi connectivity index (χ3n) is 3.64. The van der Waals surface area contributed by atoms with Crippen molar-refractivity contribution in [3.63, 3.8) is 0 Å². The smallest absolute Gasteiger partial charge is 0.411 e. The first-order valence-electron chi connectivity index (χ1n) is 6.92. The first-order chi connectivity index (χ1) is 10.6. The summed E-state index contributed by atoms with van der Waals surface area (Å²) in [6.07, 6.45) is -0.824. The number of aromatic nitrogens is 3. The molecule has 0 spiro atoms. The van der Waals surface area contributed by atoms with Crippen LogP contribution in [0.5, 0.6) is 0 Å². The molecule has 1 aromatic heterocycles. The lowest BCUT2D eigenvalue weighted by molar-refractivity contribution is -0.145. The molecule has 1 fully saturated rings. The Morgan fingerprint density at radius 1 is 1.32 bits per heavy atom. The van der Waals surface area contributed by atoms with Gasteiger partial charge in [0.05, 0.1) is 19.2 Å². The van der Waals surface area contributed by atoms with Crippen molar-refractivity contribution in [3.05, 3.63) is 24.3 Å². The van der Waals surface area contributed by atoms with E-state index in [1.54, 1.807) is 4.68 Å². The van der Waals surface area contributed by atoms with Crippen LogP contribution in [0.3, 0.4) is 0 Å². The SMILES string of the molecule is COC(=O)N1C[C@H](OC(C)=O)C[C@H]1n1nnc2ccccc21. The Labute approximate surface area is 126 Å². The van der Waals surface area contributed by atoms with Crippen LogP contribution in [0.25, 0.3) is 11.0 Å². The van der Waals surface area contributed by atoms with Gasteiger partial charge in [-0.15, -0.1) is 5.10 Å². The number of likely N-dealkylation sites (tertiary alicyclic amines) is 1. The van der Waals surface area contributed by atoms with Crippen molar-refractivity contribution >= 4 is 23.1 Å². The molecule has 3 rings (SSSR count). The molecule has 0 radical (unpaired) electrons. The van der Waals surface area contributed by atoms with Gasteiger partial charge in [0.25, 0.3) is 0 Å². The third kappa shape index (κ3) is 2.47. The highest BCUT2D eigenvalue weighted by atomic mass is 16.6. The summed E-state index contributed by atoms with van der Waals surface area (Å²) in [6.45, 7) is 1.62. The minimum atomic E-state index is -0.487. The Bertz CT molecular complexity index is 714. The van der Waals surface area contributed by atoms with Gasteiger partial charge in [-0.2, -0.15) is 0 Å². The largest absolute Gasteiger partial charge is 0.461 e. The number of esters is 1. The number of carbonyl (C=O) groups excluding carboxylic acids is 2. The maximum Gasteiger partial charge on any atom is 0.411 e. The van der Waals surface area contributed by atoms with Gasteiger partial charge in [-0.3, -0.25) is 9.69 Å². The van der Waals surface area contributed by atoms with Crippen molar-refractivity contribution in [2.75, 3.05) is 13.7 Å². The number of benzene rings is 1. The number of nitrogens with zero attached hydrogens (tertiary/aromatic N) is 4. The molecule has 1 aliphatic heterocycles. The average Bonchev–Trinajstić information content (AvgIpc) is 3.09. The molecular formula is C14H16N4O4. The zero-order valence-corrected chi connectivity index (χ0v) is 12.3.